The van der Waals surface area contributed by atoms with Crippen molar-refractivity contribution >= 4 is 23.2 Å². The van der Waals surface area contributed by atoms with Gasteiger partial charge in [0.25, 0.3) is 0 Å². The van der Waals surface area contributed by atoms with E-state index in [1.165, 1.54) is 5.56 Å². The number of nitrogens with two attached hydrogens (primary N) is 1. The van der Waals surface area contributed by atoms with Gasteiger partial charge in [-0.05, 0) is 60.9 Å². The molecule has 0 spiro atoms. The molecule has 2 aromatic carbocycles. The molecular formula is C21H24ClN3O. The lowest BCUT2D eigenvalue weighted by Gasteiger charge is -2.40. The number of anilines is 1. The van der Waals surface area contributed by atoms with Gasteiger partial charge in [0.2, 0.25) is 5.91 Å². The van der Waals surface area contributed by atoms with Crippen LogP contribution in [0.2, 0.25) is 5.02 Å². The van der Waals surface area contributed by atoms with Crippen LogP contribution >= 0.6 is 11.6 Å². The molecule has 2 aliphatic rings. The Balaban J connectivity index is 1.38. The van der Waals surface area contributed by atoms with Gasteiger partial charge in [0.05, 0.1) is 6.17 Å². The Kier molecular flexibility index (Phi) is 4.88. The van der Waals surface area contributed by atoms with E-state index in [0.29, 0.717) is 5.02 Å². The Hall–Kier alpha value is -2.04. The van der Waals surface area contributed by atoms with Gasteiger partial charge >= 0.3 is 0 Å². The number of nitrogens with one attached hydrogen (secondary N) is 2. The second-order valence-electron chi connectivity index (χ2n) is 7.33. The molecule has 4 rings (SSSR count). The number of amides is 1. The maximum absolute atomic E-state index is 12.8. The molecule has 4 nitrogen and oxygen atoms in total. The van der Waals surface area contributed by atoms with Crippen molar-refractivity contribution in [2.75, 3.05) is 5.32 Å². The van der Waals surface area contributed by atoms with Crippen molar-refractivity contribution in [2.24, 2.45) is 17.6 Å². The summed E-state index contributed by atoms with van der Waals surface area (Å²) >= 11 is 6.08. The number of hydrogen-bond donors (Lipinski definition) is 3. The lowest BCUT2D eigenvalue weighted by molar-refractivity contribution is -0.131. The molecule has 0 saturated heterocycles. The minimum absolute atomic E-state index is 0.0129. The molecular weight excluding hydrogens is 346 g/mol. The average molecular weight is 370 g/mol. The van der Waals surface area contributed by atoms with Crippen molar-refractivity contribution in [1.82, 2.24) is 5.32 Å². The third-order valence-electron chi connectivity index (χ3n) is 5.73. The molecule has 1 aliphatic heterocycles. The van der Waals surface area contributed by atoms with Gasteiger partial charge in [-0.15, -0.1) is 0 Å². The summed E-state index contributed by atoms with van der Waals surface area (Å²) in [5.41, 5.74) is 9.87. The molecule has 0 aromatic heterocycles. The molecule has 2 aromatic rings. The van der Waals surface area contributed by atoms with Crippen molar-refractivity contribution in [2.45, 2.75) is 37.9 Å². The second kappa shape index (κ2) is 7.29. The van der Waals surface area contributed by atoms with Crippen LogP contribution in [0, 0.1) is 11.8 Å². The number of halogens is 1. The molecule has 5 heteroatoms. The Bertz CT molecular complexity index is 809. The lowest BCUT2D eigenvalue weighted by Crippen LogP contribution is -2.50. The van der Waals surface area contributed by atoms with E-state index in [0.717, 1.165) is 36.9 Å². The molecule has 26 heavy (non-hydrogen) atoms. The van der Waals surface area contributed by atoms with Crippen molar-refractivity contribution in [3.63, 3.8) is 0 Å². The maximum Gasteiger partial charge on any atom is 0.225 e. The summed E-state index contributed by atoms with van der Waals surface area (Å²) < 4.78 is 0. The Morgan fingerprint density at radius 3 is 2.77 bits per heavy atom. The van der Waals surface area contributed by atoms with E-state index in [2.05, 4.69) is 28.8 Å². The molecule has 1 amide bonds. The van der Waals surface area contributed by atoms with E-state index in [4.69, 9.17) is 17.3 Å². The topological polar surface area (TPSA) is 67.2 Å². The van der Waals surface area contributed by atoms with Gasteiger partial charge in [0.15, 0.2) is 0 Å². The van der Waals surface area contributed by atoms with Gasteiger partial charge in [0.1, 0.15) is 0 Å². The van der Waals surface area contributed by atoms with E-state index < -0.39 is 0 Å². The first-order valence-corrected chi connectivity index (χ1v) is 9.65. The highest BCUT2D eigenvalue weighted by atomic mass is 35.5. The summed E-state index contributed by atoms with van der Waals surface area (Å²) in [6.07, 6.45) is 3.74. The third-order valence-corrected chi connectivity index (χ3v) is 5.96. The SMILES string of the molecule is NC(c1cccc(Cl)c1)[C@H]1CC[C@H]1C(=O)NC1CCc2ccccc2N1. The fourth-order valence-electron chi connectivity index (χ4n) is 4.07. The van der Waals surface area contributed by atoms with Gasteiger partial charge in [0, 0.05) is 22.7 Å². The molecule has 2 unspecified atom stereocenters. The zero-order valence-corrected chi connectivity index (χ0v) is 15.4. The Morgan fingerprint density at radius 2 is 2.00 bits per heavy atom. The summed E-state index contributed by atoms with van der Waals surface area (Å²) in [6.45, 7) is 0. The number of carbonyl (C=O) groups is 1. The molecule has 1 aliphatic carbocycles. The summed E-state index contributed by atoms with van der Waals surface area (Å²) in [7, 11) is 0. The van der Waals surface area contributed by atoms with E-state index in [1.807, 2.05) is 30.3 Å². The molecule has 0 bridgehead atoms. The molecule has 1 saturated carbocycles. The van der Waals surface area contributed by atoms with Gasteiger partial charge in [-0.25, -0.2) is 0 Å². The van der Waals surface area contributed by atoms with Gasteiger partial charge < -0.3 is 16.4 Å². The van der Waals surface area contributed by atoms with Gasteiger partial charge in [-0.1, -0.05) is 41.9 Å². The average Bonchev–Trinajstić information content (AvgIpc) is 2.60. The zero-order chi connectivity index (χ0) is 18.1. The monoisotopic (exact) mass is 369 g/mol. The summed E-state index contributed by atoms with van der Waals surface area (Å²) in [5.74, 6) is 0.253. The van der Waals surface area contributed by atoms with E-state index in [9.17, 15) is 4.79 Å². The fraction of sp³-hybridized carbons (Fsp3) is 0.381. The standard InChI is InChI=1S/C21H24ClN3O/c22-15-6-3-5-14(12-15)20(23)16-9-10-17(16)21(26)25-19-11-8-13-4-1-2-7-18(13)24-19/h1-7,12,16-17,19-20,24H,8-11,23H2,(H,25,26)/t16-,17+,19?,20?/m0/s1. The number of aryl methyl sites for hydroxylation is 1. The highest BCUT2D eigenvalue weighted by Crippen LogP contribution is 2.42. The first-order chi connectivity index (χ1) is 12.6. The van der Waals surface area contributed by atoms with Crippen LogP contribution in [0.3, 0.4) is 0 Å². The van der Waals surface area contributed by atoms with E-state index >= 15 is 0 Å². The third kappa shape index (κ3) is 3.44. The second-order valence-corrected chi connectivity index (χ2v) is 7.77. The van der Waals surface area contributed by atoms with Crippen LogP contribution in [-0.4, -0.2) is 12.1 Å². The molecule has 4 atom stereocenters. The maximum atomic E-state index is 12.8. The molecule has 1 heterocycles. The summed E-state index contributed by atoms with van der Waals surface area (Å²) in [6, 6.07) is 15.8. The van der Waals surface area contributed by atoms with Crippen molar-refractivity contribution < 1.29 is 4.79 Å². The zero-order valence-electron chi connectivity index (χ0n) is 14.6. The van der Waals surface area contributed by atoms with E-state index in [-0.39, 0.29) is 30.0 Å². The highest BCUT2D eigenvalue weighted by molar-refractivity contribution is 6.30. The summed E-state index contributed by atoms with van der Waals surface area (Å²) in [5, 5.41) is 7.29. The van der Waals surface area contributed by atoms with Crippen LogP contribution < -0.4 is 16.4 Å². The molecule has 1 fully saturated rings. The smallest absolute Gasteiger partial charge is 0.225 e. The van der Waals surface area contributed by atoms with Crippen molar-refractivity contribution in [3.05, 3.63) is 64.7 Å². The molecule has 0 radical (unpaired) electrons. The summed E-state index contributed by atoms with van der Waals surface area (Å²) in [4.78, 5) is 12.8. The quantitative estimate of drug-likeness (QED) is 0.766. The molecule has 136 valence electrons. The first kappa shape index (κ1) is 17.4. The predicted molar refractivity (Wildman–Crippen MR) is 105 cm³/mol. The van der Waals surface area contributed by atoms with Gasteiger partial charge in [-0.3, -0.25) is 4.79 Å². The number of fused-ring (bicyclic) bond motifs is 1. The number of rotatable bonds is 4. The number of para-hydroxylation sites is 1. The van der Waals surface area contributed by atoms with Gasteiger partial charge in [-0.2, -0.15) is 0 Å². The largest absolute Gasteiger partial charge is 0.365 e. The van der Waals surface area contributed by atoms with Crippen LogP contribution in [0.4, 0.5) is 5.69 Å². The number of hydrogen-bond acceptors (Lipinski definition) is 3. The Morgan fingerprint density at radius 1 is 1.15 bits per heavy atom. The van der Waals surface area contributed by atoms with Crippen LogP contribution in [0.25, 0.3) is 0 Å². The minimum Gasteiger partial charge on any atom is -0.365 e. The highest BCUT2D eigenvalue weighted by Gasteiger charge is 2.41. The first-order valence-electron chi connectivity index (χ1n) is 9.27. The normalized spacial score (nSPS) is 25.4. The van der Waals surface area contributed by atoms with E-state index in [1.54, 1.807) is 0 Å². The fourth-order valence-corrected chi connectivity index (χ4v) is 4.27. The number of benzene rings is 2. The van der Waals surface area contributed by atoms with Crippen LogP contribution in [0.15, 0.2) is 48.5 Å². The van der Waals surface area contributed by atoms with Crippen molar-refractivity contribution in [1.29, 1.82) is 0 Å². The van der Waals surface area contributed by atoms with Crippen LogP contribution in [-0.2, 0) is 11.2 Å². The minimum atomic E-state index is -0.154. The van der Waals surface area contributed by atoms with Crippen LogP contribution in [0.5, 0.6) is 0 Å². The molecule has 4 N–H and O–H groups in total. The van der Waals surface area contributed by atoms with Crippen molar-refractivity contribution in [3.8, 4) is 0 Å². The Labute approximate surface area is 159 Å². The lowest BCUT2D eigenvalue weighted by atomic mass is 9.68. The number of carbonyl (C=O) groups excluding carboxylic acids is 1. The van der Waals surface area contributed by atoms with Crippen LogP contribution in [0.1, 0.15) is 36.4 Å². The predicted octanol–water partition coefficient (Wildman–Crippen LogP) is 3.87.